The van der Waals surface area contributed by atoms with Gasteiger partial charge in [-0.3, -0.25) is 4.79 Å². The van der Waals surface area contributed by atoms with Gasteiger partial charge < -0.3 is 25.1 Å². The Kier molecular flexibility index (Phi) is 7.23. The fourth-order valence-electron chi connectivity index (χ4n) is 4.31. The molecule has 2 aliphatic rings. The Balaban J connectivity index is 0.00000274. The molecule has 1 aromatic carbocycles. The molecule has 1 saturated carbocycles. The Morgan fingerprint density at radius 2 is 1.94 bits per heavy atom. The maximum atomic E-state index is 14.7. The van der Waals surface area contributed by atoms with Crippen molar-refractivity contribution in [1.82, 2.24) is 25.6 Å². The van der Waals surface area contributed by atoms with Crippen LogP contribution in [-0.2, 0) is 0 Å². The molecule has 3 N–H and O–H groups in total. The molecule has 1 saturated heterocycles. The molecule has 1 amide bonds. The molecule has 3 aromatic rings. The van der Waals surface area contributed by atoms with Gasteiger partial charge in [0.15, 0.2) is 11.6 Å². The van der Waals surface area contributed by atoms with E-state index in [1.54, 1.807) is 6.07 Å². The van der Waals surface area contributed by atoms with Crippen molar-refractivity contribution in [1.29, 1.82) is 0 Å². The van der Waals surface area contributed by atoms with Gasteiger partial charge in [0.25, 0.3) is 5.91 Å². The number of aromatic nitrogens is 3. The van der Waals surface area contributed by atoms with E-state index in [4.69, 9.17) is 9.47 Å². The second-order valence-electron chi connectivity index (χ2n) is 8.81. The molecular formula is C24H29ClFN5O3. The van der Waals surface area contributed by atoms with Crippen LogP contribution in [0.3, 0.4) is 0 Å². The van der Waals surface area contributed by atoms with E-state index >= 15 is 0 Å². The quantitative estimate of drug-likeness (QED) is 0.467. The zero-order valence-corrected chi connectivity index (χ0v) is 20.1. The molecule has 0 spiro atoms. The number of nitrogens with zero attached hydrogens (tertiary/aromatic N) is 2. The molecule has 10 heteroatoms. The third-order valence-corrected chi connectivity index (χ3v) is 6.35. The molecule has 0 unspecified atom stereocenters. The van der Waals surface area contributed by atoms with Crippen molar-refractivity contribution in [2.45, 2.75) is 38.6 Å². The van der Waals surface area contributed by atoms with Crippen LogP contribution in [0.5, 0.6) is 11.5 Å². The summed E-state index contributed by atoms with van der Waals surface area (Å²) < 4.78 is 25.9. The Labute approximate surface area is 203 Å². The monoisotopic (exact) mass is 489 g/mol. The molecule has 5 rings (SSSR count). The molecule has 1 aliphatic heterocycles. The highest BCUT2D eigenvalue weighted by Crippen LogP contribution is 2.39. The van der Waals surface area contributed by atoms with Gasteiger partial charge in [-0.1, -0.05) is 0 Å². The molecule has 1 aliphatic carbocycles. The smallest absolute Gasteiger partial charge is 0.255 e. The average molecular weight is 490 g/mol. The number of aryl methyl sites for hydroxylation is 1. The van der Waals surface area contributed by atoms with Crippen LogP contribution in [-0.4, -0.2) is 53.7 Å². The van der Waals surface area contributed by atoms with Gasteiger partial charge in [0.1, 0.15) is 23.3 Å². The normalized spacial score (nSPS) is 16.2. The van der Waals surface area contributed by atoms with E-state index in [1.165, 1.54) is 19.5 Å². The van der Waals surface area contributed by atoms with Crippen molar-refractivity contribution in [3.05, 3.63) is 35.5 Å². The first kappa shape index (κ1) is 24.2. The SMILES string of the molecule is COc1cc(OCC2CC2)c(-c2ncnc3c(C(=O)NC4CCNCC4)c(C)[nH]c23)cc1F.Cl. The summed E-state index contributed by atoms with van der Waals surface area (Å²) in [7, 11) is 1.42. The Bertz CT molecular complexity index is 1190. The number of amides is 1. The Morgan fingerprint density at radius 1 is 1.18 bits per heavy atom. The zero-order chi connectivity index (χ0) is 22.9. The molecular weight excluding hydrogens is 461 g/mol. The number of halogens is 2. The predicted molar refractivity (Wildman–Crippen MR) is 129 cm³/mol. The van der Waals surface area contributed by atoms with Crippen molar-refractivity contribution in [3.63, 3.8) is 0 Å². The summed E-state index contributed by atoms with van der Waals surface area (Å²) in [5.41, 5.74) is 3.23. The largest absolute Gasteiger partial charge is 0.494 e. The minimum absolute atomic E-state index is 0. The van der Waals surface area contributed by atoms with Crippen molar-refractivity contribution in [2.24, 2.45) is 5.92 Å². The number of H-pyrrole nitrogens is 1. The van der Waals surface area contributed by atoms with E-state index in [0.717, 1.165) is 38.8 Å². The standard InChI is InChI=1S/C24H28FN5O3.ClH/c1-13-20(24(31)30-15-5-7-26-8-6-15)22-23(29-13)21(27-12-28-22)16-9-17(25)19(32-2)10-18(16)33-11-14-3-4-14;/h9-10,12,14-15,26,29H,3-8,11H2,1-2H3,(H,30,31);1H. The van der Waals surface area contributed by atoms with E-state index in [9.17, 15) is 9.18 Å². The van der Waals surface area contributed by atoms with Gasteiger partial charge in [-0.15, -0.1) is 12.4 Å². The van der Waals surface area contributed by atoms with Crippen molar-refractivity contribution in [2.75, 3.05) is 26.8 Å². The van der Waals surface area contributed by atoms with Crippen LogP contribution in [0.2, 0.25) is 0 Å². The Morgan fingerprint density at radius 3 is 2.65 bits per heavy atom. The highest BCUT2D eigenvalue weighted by molar-refractivity contribution is 6.09. The molecule has 34 heavy (non-hydrogen) atoms. The molecule has 8 nitrogen and oxygen atoms in total. The number of aromatic amines is 1. The molecule has 3 heterocycles. The van der Waals surface area contributed by atoms with Gasteiger partial charge in [0, 0.05) is 23.4 Å². The summed E-state index contributed by atoms with van der Waals surface area (Å²) in [4.78, 5) is 25.2. The lowest BCUT2D eigenvalue weighted by Crippen LogP contribution is -2.42. The van der Waals surface area contributed by atoms with Gasteiger partial charge in [-0.2, -0.15) is 0 Å². The number of benzene rings is 1. The topological polar surface area (TPSA) is 101 Å². The van der Waals surface area contributed by atoms with Crippen molar-refractivity contribution in [3.8, 4) is 22.8 Å². The summed E-state index contributed by atoms with van der Waals surface area (Å²) >= 11 is 0. The fourth-order valence-corrected chi connectivity index (χ4v) is 4.31. The van der Waals surface area contributed by atoms with E-state index in [2.05, 4.69) is 25.6 Å². The maximum Gasteiger partial charge on any atom is 0.255 e. The van der Waals surface area contributed by atoms with E-state index in [0.29, 0.717) is 51.8 Å². The van der Waals surface area contributed by atoms with Crippen molar-refractivity contribution >= 4 is 29.3 Å². The number of piperidine rings is 1. The minimum Gasteiger partial charge on any atom is -0.494 e. The first-order valence-corrected chi connectivity index (χ1v) is 11.4. The summed E-state index contributed by atoms with van der Waals surface area (Å²) in [6, 6.07) is 3.05. The van der Waals surface area contributed by atoms with Crippen LogP contribution in [0.4, 0.5) is 4.39 Å². The fraction of sp³-hybridized carbons (Fsp3) is 0.458. The van der Waals surface area contributed by atoms with Crippen LogP contribution in [0.15, 0.2) is 18.5 Å². The van der Waals surface area contributed by atoms with E-state index in [1.807, 2.05) is 6.92 Å². The Hall–Kier alpha value is -2.91. The molecule has 0 bridgehead atoms. The number of methoxy groups -OCH3 is 1. The molecule has 0 atom stereocenters. The van der Waals surface area contributed by atoms with E-state index < -0.39 is 5.82 Å². The number of hydrogen-bond donors (Lipinski definition) is 3. The van der Waals surface area contributed by atoms with Crippen LogP contribution in [0.25, 0.3) is 22.3 Å². The van der Waals surface area contributed by atoms with Gasteiger partial charge in [0.05, 0.1) is 24.8 Å². The number of ether oxygens (including phenoxy) is 2. The van der Waals surface area contributed by atoms with Crippen LogP contribution in [0, 0.1) is 18.7 Å². The summed E-state index contributed by atoms with van der Waals surface area (Å²) in [5.74, 6) is 0.455. The minimum atomic E-state index is -0.509. The highest BCUT2D eigenvalue weighted by Gasteiger charge is 2.26. The lowest BCUT2D eigenvalue weighted by Gasteiger charge is -2.23. The second-order valence-corrected chi connectivity index (χ2v) is 8.81. The number of nitrogens with one attached hydrogen (secondary N) is 3. The van der Waals surface area contributed by atoms with Crippen molar-refractivity contribution < 1.29 is 18.7 Å². The number of fused-ring (bicyclic) bond motifs is 1. The van der Waals surface area contributed by atoms with Gasteiger partial charge in [0.2, 0.25) is 0 Å². The van der Waals surface area contributed by atoms with Crippen LogP contribution >= 0.6 is 12.4 Å². The number of rotatable bonds is 7. The summed E-state index contributed by atoms with van der Waals surface area (Å²) in [5, 5.41) is 6.43. The third-order valence-electron chi connectivity index (χ3n) is 6.35. The van der Waals surface area contributed by atoms with Crippen LogP contribution in [0.1, 0.15) is 41.7 Å². The number of carbonyl (C=O) groups excluding carboxylic acids is 1. The highest BCUT2D eigenvalue weighted by atomic mass is 35.5. The molecule has 2 fully saturated rings. The third kappa shape index (κ3) is 4.81. The molecule has 182 valence electrons. The predicted octanol–water partition coefficient (Wildman–Crippen LogP) is 3.77. The van der Waals surface area contributed by atoms with Gasteiger partial charge in [-0.25, -0.2) is 14.4 Å². The summed E-state index contributed by atoms with van der Waals surface area (Å²) in [6.07, 6.45) is 5.45. The molecule has 0 radical (unpaired) electrons. The second kappa shape index (κ2) is 10.1. The zero-order valence-electron chi connectivity index (χ0n) is 19.2. The first-order chi connectivity index (χ1) is 16.0. The lowest BCUT2D eigenvalue weighted by atomic mass is 10.1. The average Bonchev–Trinajstić information content (AvgIpc) is 3.58. The van der Waals surface area contributed by atoms with Gasteiger partial charge >= 0.3 is 0 Å². The summed E-state index contributed by atoms with van der Waals surface area (Å²) in [6.45, 7) is 4.17. The number of hydrogen-bond acceptors (Lipinski definition) is 6. The first-order valence-electron chi connectivity index (χ1n) is 11.4. The molecule has 2 aromatic heterocycles. The lowest BCUT2D eigenvalue weighted by molar-refractivity contribution is 0.0930. The van der Waals surface area contributed by atoms with Gasteiger partial charge in [-0.05, 0) is 57.7 Å². The number of carbonyl (C=O) groups is 1. The van der Waals surface area contributed by atoms with E-state index in [-0.39, 0.29) is 30.1 Å². The maximum absolute atomic E-state index is 14.7. The van der Waals surface area contributed by atoms with Crippen LogP contribution < -0.4 is 20.1 Å².